The molecule has 5 aromatic rings. The molecular formula is C39H32O11. The van der Waals surface area contributed by atoms with Crippen molar-refractivity contribution in [3.63, 3.8) is 0 Å². The van der Waals surface area contributed by atoms with Crippen molar-refractivity contribution in [2.75, 3.05) is 20.7 Å². The van der Waals surface area contributed by atoms with Gasteiger partial charge in [-0.3, -0.25) is 0 Å². The first-order valence-corrected chi connectivity index (χ1v) is 15.1. The molecule has 0 heterocycles. The van der Waals surface area contributed by atoms with E-state index >= 15 is 0 Å². The van der Waals surface area contributed by atoms with Crippen molar-refractivity contribution in [1.82, 2.24) is 0 Å². The van der Waals surface area contributed by atoms with E-state index in [9.17, 15) is 19.2 Å². The van der Waals surface area contributed by atoms with E-state index in [2.05, 4.69) is 13.2 Å². The van der Waals surface area contributed by atoms with Crippen LogP contribution in [-0.4, -0.2) is 44.6 Å². The Kier molecular flexibility index (Phi) is 10.8. The number of carbonyl (C=O) groups excluding carboxylic acids is 4. The summed E-state index contributed by atoms with van der Waals surface area (Å²) in [6.45, 7) is 9.61. The van der Waals surface area contributed by atoms with E-state index in [1.165, 1.54) is 25.3 Å². The minimum Gasteiger partial charge on any atom is -0.493 e. The number of carbonyl (C=O) groups is 4. The predicted molar refractivity (Wildman–Crippen MR) is 184 cm³/mol. The molecule has 11 nitrogen and oxygen atoms in total. The second-order valence-corrected chi connectivity index (χ2v) is 11.0. The van der Waals surface area contributed by atoms with E-state index in [0.717, 1.165) is 21.5 Å². The fourth-order valence-corrected chi connectivity index (χ4v) is 4.55. The lowest BCUT2D eigenvalue weighted by atomic mass is 10.1. The van der Waals surface area contributed by atoms with Crippen LogP contribution in [0.2, 0.25) is 0 Å². The Balaban J connectivity index is 1.20. The number of esters is 4. The molecule has 0 fully saturated rings. The Morgan fingerprint density at radius 2 is 0.960 bits per heavy atom. The van der Waals surface area contributed by atoms with Crippen molar-refractivity contribution in [2.45, 2.75) is 13.8 Å². The van der Waals surface area contributed by atoms with Crippen molar-refractivity contribution in [3.8, 4) is 28.7 Å². The van der Waals surface area contributed by atoms with Gasteiger partial charge in [0.25, 0.3) is 0 Å². The van der Waals surface area contributed by atoms with Crippen molar-refractivity contribution in [2.24, 2.45) is 0 Å². The summed E-state index contributed by atoms with van der Waals surface area (Å²) in [5.41, 5.74) is 1.14. The molecule has 0 aromatic heterocycles. The van der Waals surface area contributed by atoms with Crippen LogP contribution in [0.4, 0.5) is 0 Å². The second kappa shape index (κ2) is 15.5. The van der Waals surface area contributed by atoms with E-state index in [-0.39, 0.29) is 42.0 Å². The molecule has 254 valence electrons. The predicted octanol–water partition coefficient (Wildman–Crippen LogP) is 7.35. The fourth-order valence-electron chi connectivity index (χ4n) is 4.55. The lowest BCUT2D eigenvalue weighted by molar-refractivity contribution is -0.146. The average molecular weight is 677 g/mol. The number of methoxy groups -OCH3 is 1. The van der Waals surface area contributed by atoms with Gasteiger partial charge in [0.2, 0.25) is 13.6 Å². The van der Waals surface area contributed by atoms with Crippen LogP contribution in [0.3, 0.4) is 0 Å². The summed E-state index contributed by atoms with van der Waals surface area (Å²) in [6.07, 6.45) is 0. The molecule has 0 amide bonds. The molecule has 0 aliphatic heterocycles. The van der Waals surface area contributed by atoms with Crippen molar-refractivity contribution in [3.05, 3.63) is 126 Å². The molecule has 0 bridgehead atoms. The van der Waals surface area contributed by atoms with Crippen molar-refractivity contribution in [1.29, 1.82) is 0 Å². The second-order valence-electron chi connectivity index (χ2n) is 11.0. The largest absolute Gasteiger partial charge is 0.493 e. The van der Waals surface area contributed by atoms with E-state index < -0.39 is 23.9 Å². The van der Waals surface area contributed by atoms with Crippen LogP contribution in [0.15, 0.2) is 115 Å². The van der Waals surface area contributed by atoms with Gasteiger partial charge in [0.05, 0.1) is 18.2 Å². The highest BCUT2D eigenvalue weighted by atomic mass is 16.7. The van der Waals surface area contributed by atoms with Gasteiger partial charge < -0.3 is 33.2 Å². The van der Waals surface area contributed by atoms with Crippen LogP contribution in [-0.2, 0) is 19.1 Å². The summed E-state index contributed by atoms with van der Waals surface area (Å²) < 4.78 is 37.5. The molecule has 0 atom stereocenters. The SMILES string of the molecule is C=C(C)C(=O)OCOc1ccc2cc(C(=O)Oc3ccc(OC(=O)c4ccc5cc(OCOC(=O)C(=C)C)ccc5c4)c(OC)c3)ccc2c1. The Morgan fingerprint density at radius 1 is 0.520 bits per heavy atom. The topological polar surface area (TPSA) is 133 Å². The molecule has 0 N–H and O–H groups in total. The lowest BCUT2D eigenvalue weighted by Gasteiger charge is -2.12. The first-order valence-electron chi connectivity index (χ1n) is 15.1. The third-order valence-electron chi connectivity index (χ3n) is 7.17. The maximum Gasteiger partial charge on any atom is 0.343 e. The Bertz CT molecular complexity index is 2150. The van der Waals surface area contributed by atoms with E-state index in [0.29, 0.717) is 22.6 Å². The van der Waals surface area contributed by atoms with Gasteiger partial charge in [-0.15, -0.1) is 0 Å². The molecule has 11 heteroatoms. The number of ether oxygens (including phenoxy) is 7. The molecule has 0 unspecified atom stereocenters. The standard InChI is InChI=1S/C39H32O11/c1-23(2)36(40)47-21-45-31-12-10-25-16-29(8-6-27(25)18-31)38(42)49-33-14-15-34(35(20-33)44-5)50-39(43)30-9-7-28-19-32(13-11-26(28)17-30)46-22-48-37(41)24(3)4/h6-20H,1,3,21-22H2,2,4-5H3. The van der Waals surface area contributed by atoms with Crippen molar-refractivity contribution < 1.29 is 52.3 Å². The number of benzene rings is 5. The summed E-state index contributed by atoms with van der Waals surface area (Å²) in [5.74, 6) is -0.877. The normalized spacial score (nSPS) is 10.5. The molecule has 5 rings (SSSR count). The van der Waals surface area contributed by atoms with Crippen molar-refractivity contribution >= 4 is 45.4 Å². The van der Waals surface area contributed by atoms with Gasteiger partial charge in [0.1, 0.15) is 17.2 Å². The van der Waals surface area contributed by atoms with Crippen LogP contribution in [0.25, 0.3) is 21.5 Å². The molecule has 0 saturated carbocycles. The van der Waals surface area contributed by atoms with Crippen LogP contribution >= 0.6 is 0 Å². The summed E-state index contributed by atoms with van der Waals surface area (Å²) >= 11 is 0. The third kappa shape index (κ3) is 8.64. The number of hydrogen-bond donors (Lipinski definition) is 0. The maximum atomic E-state index is 13.1. The minimum absolute atomic E-state index is 0.128. The van der Waals surface area contributed by atoms with Crippen LogP contribution in [0.1, 0.15) is 34.6 Å². The molecule has 0 aliphatic carbocycles. The Labute approximate surface area is 287 Å². The average Bonchev–Trinajstić information content (AvgIpc) is 3.11. The number of hydrogen-bond acceptors (Lipinski definition) is 11. The zero-order valence-electron chi connectivity index (χ0n) is 27.5. The molecule has 0 aliphatic rings. The molecule has 0 radical (unpaired) electrons. The Hall–Kier alpha value is -6.62. The molecular weight excluding hydrogens is 644 g/mol. The molecule has 0 saturated heterocycles. The van der Waals surface area contributed by atoms with Gasteiger partial charge >= 0.3 is 23.9 Å². The van der Waals surface area contributed by atoms with Gasteiger partial charge in [-0.25, -0.2) is 19.2 Å². The summed E-state index contributed by atoms with van der Waals surface area (Å²) in [4.78, 5) is 49.1. The first kappa shape index (κ1) is 34.7. The minimum atomic E-state index is -0.625. The molecule has 5 aromatic carbocycles. The van der Waals surface area contributed by atoms with Crippen LogP contribution in [0.5, 0.6) is 28.7 Å². The van der Waals surface area contributed by atoms with Crippen LogP contribution in [0, 0.1) is 0 Å². The zero-order chi connectivity index (χ0) is 35.8. The quantitative estimate of drug-likeness (QED) is 0.0536. The summed E-state index contributed by atoms with van der Waals surface area (Å²) in [5, 5.41) is 3.10. The van der Waals surface area contributed by atoms with E-state index in [4.69, 9.17) is 33.2 Å². The van der Waals surface area contributed by atoms with Gasteiger partial charge in [-0.05, 0) is 96.1 Å². The number of rotatable bonds is 13. The van der Waals surface area contributed by atoms with Gasteiger partial charge in [-0.2, -0.15) is 0 Å². The molecule has 0 spiro atoms. The van der Waals surface area contributed by atoms with Gasteiger partial charge in [0, 0.05) is 17.2 Å². The highest BCUT2D eigenvalue weighted by molar-refractivity contribution is 5.98. The molecule has 50 heavy (non-hydrogen) atoms. The summed E-state index contributed by atoms with van der Waals surface area (Å²) in [7, 11) is 1.40. The highest BCUT2D eigenvalue weighted by Crippen LogP contribution is 2.33. The van der Waals surface area contributed by atoms with Crippen LogP contribution < -0.4 is 23.7 Å². The zero-order valence-corrected chi connectivity index (χ0v) is 27.5. The monoisotopic (exact) mass is 676 g/mol. The number of fused-ring (bicyclic) bond motifs is 2. The fraction of sp³-hybridized carbons (Fsp3) is 0.128. The third-order valence-corrected chi connectivity index (χ3v) is 7.17. The first-order chi connectivity index (χ1) is 24.0. The smallest absolute Gasteiger partial charge is 0.343 e. The van der Waals surface area contributed by atoms with Gasteiger partial charge in [0.15, 0.2) is 11.5 Å². The summed E-state index contributed by atoms with van der Waals surface area (Å²) in [6, 6.07) is 24.9. The van der Waals surface area contributed by atoms with Gasteiger partial charge in [-0.1, -0.05) is 37.4 Å². The maximum absolute atomic E-state index is 13.1. The lowest BCUT2D eigenvalue weighted by Crippen LogP contribution is -2.11. The Morgan fingerprint density at radius 3 is 1.44 bits per heavy atom. The van der Waals surface area contributed by atoms with E-state index in [1.54, 1.807) is 86.6 Å². The van der Waals surface area contributed by atoms with E-state index in [1.807, 2.05) is 0 Å². The highest BCUT2D eigenvalue weighted by Gasteiger charge is 2.17.